The molecule has 2 rings (SSSR count). The molecule has 1 atom stereocenters. The van der Waals surface area contributed by atoms with Crippen molar-refractivity contribution in [1.82, 2.24) is 0 Å². The summed E-state index contributed by atoms with van der Waals surface area (Å²) in [7, 11) is 0. The van der Waals surface area contributed by atoms with Crippen LogP contribution in [0.15, 0.2) is 18.2 Å². The molecule has 0 radical (unpaired) electrons. The van der Waals surface area contributed by atoms with Crippen molar-refractivity contribution in [2.75, 3.05) is 6.61 Å². The van der Waals surface area contributed by atoms with Gasteiger partial charge in [-0.05, 0) is 43.5 Å². The highest BCUT2D eigenvalue weighted by atomic mass is 19.1. The maximum atomic E-state index is 13.8. The third-order valence-corrected chi connectivity index (χ3v) is 4.41. The monoisotopic (exact) mass is 298 g/mol. The Morgan fingerprint density at radius 2 is 1.86 bits per heavy atom. The first kappa shape index (κ1) is 16.4. The fraction of sp³-hybridized carbons (Fsp3) is 0.647. The normalized spacial score (nSPS) is 20.0. The van der Waals surface area contributed by atoms with E-state index in [1.807, 2.05) is 6.92 Å². The number of hydrogen-bond donors (Lipinski definition) is 1. The van der Waals surface area contributed by atoms with Gasteiger partial charge in [-0.3, -0.25) is 0 Å². The van der Waals surface area contributed by atoms with Crippen molar-refractivity contribution in [3.8, 4) is 0 Å². The van der Waals surface area contributed by atoms with Crippen molar-refractivity contribution < 1.29 is 18.6 Å². The number of ether oxygens (including phenoxy) is 1. The lowest BCUT2D eigenvalue weighted by atomic mass is 9.84. The smallest absolute Gasteiger partial charge is 0.126 e. The summed E-state index contributed by atoms with van der Waals surface area (Å²) >= 11 is 0. The predicted octanol–water partition coefficient (Wildman–Crippen LogP) is 4.00. The van der Waals surface area contributed by atoms with Crippen LogP contribution < -0.4 is 0 Å². The minimum atomic E-state index is -0.813. The SMILES string of the molecule is CCOC1(C(O)Cc2cc(F)ccc2F)CCCCCC1. The molecule has 118 valence electrons. The van der Waals surface area contributed by atoms with Crippen LogP contribution in [0.1, 0.15) is 51.0 Å². The van der Waals surface area contributed by atoms with E-state index in [9.17, 15) is 13.9 Å². The van der Waals surface area contributed by atoms with Gasteiger partial charge in [-0.2, -0.15) is 0 Å². The molecule has 21 heavy (non-hydrogen) atoms. The summed E-state index contributed by atoms with van der Waals surface area (Å²) in [6, 6.07) is 3.36. The van der Waals surface area contributed by atoms with E-state index in [0.717, 1.165) is 56.7 Å². The first-order valence-electron chi connectivity index (χ1n) is 7.83. The summed E-state index contributed by atoms with van der Waals surface area (Å²) in [5.41, 5.74) is -0.407. The van der Waals surface area contributed by atoms with Gasteiger partial charge in [0.2, 0.25) is 0 Å². The molecule has 1 fully saturated rings. The summed E-state index contributed by atoms with van der Waals surface area (Å²) in [6.45, 7) is 2.42. The predicted molar refractivity (Wildman–Crippen MR) is 78.1 cm³/mol. The van der Waals surface area contributed by atoms with E-state index in [4.69, 9.17) is 4.74 Å². The largest absolute Gasteiger partial charge is 0.390 e. The molecule has 0 heterocycles. The van der Waals surface area contributed by atoms with E-state index in [0.29, 0.717) is 6.61 Å². The Balaban J connectivity index is 2.17. The molecule has 1 aromatic rings. The van der Waals surface area contributed by atoms with Crippen molar-refractivity contribution in [3.05, 3.63) is 35.4 Å². The summed E-state index contributed by atoms with van der Waals surface area (Å²) in [4.78, 5) is 0. The fourth-order valence-electron chi connectivity index (χ4n) is 3.28. The van der Waals surface area contributed by atoms with Crippen LogP contribution in [-0.2, 0) is 11.2 Å². The lowest BCUT2D eigenvalue weighted by Crippen LogP contribution is -2.46. The molecule has 4 heteroatoms. The highest BCUT2D eigenvalue weighted by Gasteiger charge is 2.39. The first-order valence-corrected chi connectivity index (χ1v) is 7.83. The number of benzene rings is 1. The van der Waals surface area contributed by atoms with Crippen molar-refractivity contribution in [1.29, 1.82) is 0 Å². The summed E-state index contributed by atoms with van der Waals surface area (Å²) < 4.78 is 32.9. The van der Waals surface area contributed by atoms with Crippen LogP contribution in [0.5, 0.6) is 0 Å². The van der Waals surface area contributed by atoms with Gasteiger partial charge < -0.3 is 9.84 Å². The van der Waals surface area contributed by atoms with Crippen LogP contribution in [0.4, 0.5) is 8.78 Å². The molecule has 2 nitrogen and oxygen atoms in total. The Morgan fingerprint density at radius 1 is 1.19 bits per heavy atom. The zero-order chi connectivity index (χ0) is 15.3. The Hall–Kier alpha value is -1.00. The third-order valence-electron chi connectivity index (χ3n) is 4.41. The van der Waals surface area contributed by atoms with E-state index in [-0.39, 0.29) is 12.0 Å². The molecular weight excluding hydrogens is 274 g/mol. The lowest BCUT2D eigenvalue weighted by Gasteiger charge is -2.37. The van der Waals surface area contributed by atoms with Gasteiger partial charge in [0.15, 0.2) is 0 Å². The molecule has 0 aliphatic heterocycles. The van der Waals surface area contributed by atoms with E-state index in [1.54, 1.807) is 0 Å². The maximum Gasteiger partial charge on any atom is 0.126 e. The van der Waals surface area contributed by atoms with Gasteiger partial charge in [0, 0.05) is 13.0 Å². The van der Waals surface area contributed by atoms with Gasteiger partial charge >= 0.3 is 0 Å². The summed E-state index contributed by atoms with van der Waals surface area (Å²) in [5.74, 6) is -0.958. The molecule has 0 aromatic heterocycles. The van der Waals surface area contributed by atoms with Crippen LogP contribution in [-0.4, -0.2) is 23.4 Å². The van der Waals surface area contributed by atoms with Crippen molar-refractivity contribution >= 4 is 0 Å². The maximum absolute atomic E-state index is 13.8. The van der Waals surface area contributed by atoms with E-state index in [2.05, 4.69) is 0 Å². The van der Waals surface area contributed by atoms with Crippen LogP contribution in [0.2, 0.25) is 0 Å². The number of aliphatic hydroxyl groups is 1. The molecule has 1 aliphatic rings. The van der Waals surface area contributed by atoms with Gasteiger partial charge in [-0.1, -0.05) is 25.7 Å². The Labute approximate surface area is 125 Å². The number of halogens is 2. The average molecular weight is 298 g/mol. The number of aliphatic hydroxyl groups excluding tert-OH is 1. The lowest BCUT2D eigenvalue weighted by molar-refractivity contribution is -0.128. The van der Waals surface area contributed by atoms with Crippen molar-refractivity contribution in [3.63, 3.8) is 0 Å². The minimum absolute atomic E-state index is 0.0869. The van der Waals surface area contributed by atoms with Gasteiger partial charge in [0.1, 0.15) is 11.6 Å². The fourth-order valence-corrected chi connectivity index (χ4v) is 3.28. The van der Waals surface area contributed by atoms with Crippen molar-refractivity contribution in [2.24, 2.45) is 0 Å². The Kier molecular flexibility index (Phi) is 5.71. The first-order chi connectivity index (χ1) is 10.1. The number of rotatable bonds is 5. The number of hydrogen-bond acceptors (Lipinski definition) is 2. The molecule has 1 aliphatic carbocycles. The highest BCUT2D eigenvalue weighted by molar-refractivity contribution is 5.20. The Bertz CT molecular complexity index is 454. The van der Waals surface area contributed by atoms with Gasteiger partial charge in [-0.25, -0.2) is 8.78 Å². The van der Waals surface area contributed by atoms with E-state index >= 15 is 0 Å². The standard InChI is InChI=1S/C17H24F2O2/c1-2-21-17(9-5-3-4-6-10-17)16(20)12-13-11-14(18)7-8-15(13)19/h7-8,11,16,20H,2-6,9-10,12H2,1H3. The van der Waals surface area contributed by atoms with Crippen LogP contribution in [0.25, 0.3) is 0 Å². The quantitative estimate of drug-likeness (QED) is 0.833. The van der Waals surface area contributed by atoms with Crippen LogP contribution >= 0.6 is 0 Å². The van der Waals surface area contributed by atoms with Gasteiger partial charge in [0.25, 0.3) is 0 Å². The topological polar surface area (TPSA) is 29.5 Å². The van der Waals surface area contributed by atoms with Crippen LogP contribution in [0.3, 0.4) is 0 Å². The second-order valence-electron chi connectivity index (χ2n) is 5.87. The molecule has 0 spiro atoms. The second kappa shape index (κ2) is 7.32. The molecule has 1 N–H and O–H groups in total. The van der Waals surface area contributed by atoms with Crippen molar-refractivity contribution in [2.45, 2.75) is 63.6 Å². The summed E-state index contributed by atoms with van der Waals surface area (Å²) in [5, 5.41) is 10.6. The highest BCUT2D eigenvalue weighted by Crippen LogP contribution is 2.35. The molecule has 0 saturated heterocycles. The zero-order valence-corrected chi connectivity index (χ0v) is 12.6. The third kappa shape index (κ3) is 4.01. The van der Waals surface area contributed by atoms with Gasteiger partial charge in [0.05, 0.1) is 11.7 Å². The molecule has 0 bridgehead atoms. The minimum Gasteiger partial charge on any atom is -0.390 e. The molecule has 1 saturated carbocycles. The summed E-state index contributed by atoms with van der Waals surface area (Å²) in [6.07, 6.45) is 5.10. The second-order valence-corrected chi connectivity index (χ2v) is 5.87. The zero-order valence-electron chi connectivity index (χ0n) is 12.6. The van der Waals surface area contributed by atoms with Crippen LogP contribution in [0, 0.1) is 11.6 Å². The van der Waals surface area contributed by atoms with E-state index < -0.39 is 23.3 Å². The molecular formula is C17H24F2O2. The van der Waals surface area contributed by atoms with E-state index in [1.165, 1.54) is 0 Å². The average Bonchev–Trinajstić information content (AvgIpc) is 2.70. The molecule has 1 aromatic carbocycles. The molecule has 1 unspecified atom stereocenters. The Morgan fingerprint density at radius 3 is 2.48 bits per heavy atom. The molecule has 0 amide bonds. The van der Waals surface area contributed by atoms with Gasteiger partial charge in [-0.15, -0.1) is 0 Å².